The van der Waals surface area contributed by atoms with E-state index < -0.39 is 0 Å². The first kappa shape index (κ1) is 18.8. The molecule has 1 amide bonds. The van der Waals surface area contributed by atoms with Gasteiger partial charge in [-0.3, -0.25) is 4.79 Å². The van der Waals surface area contributed by atoms with E-state index in [1.165, 1.54) is 31.3 Å². The number of aromatic nitrogens is 3. The third kappa shape index (κ3) is 4.01. The molecule has 8 heteroatoms. The average molecular weight is 396 g/mol. The minimum Gasteiger partial charge on any atom is -0.359 e. The van der Waals surface area contributed by atoms with Gasteiger partial charge >= 0.3 is 0 Å². The number of H-pyrrole nitrogens is 1. The van der Waals surface area contributed by atoms with Crippen LogP contribution in [0.3, 0.4) is 0 Å². The van der Waals surface area contributed by atoms with Crippen LogP contribution in [0.1, 0.15) is 17.3 Å². The van der Waals surface area contributed by atoms with Crippen LogP contribution in [0.2, 0.25) is 0 Å². The van der Waals surface area contributed by atoms with Crippen molar-refractivity contribution in [3.63, 3.8) is 0 Å². The number of fused-ring (bicyclic) bond motifs is 1. The lowest BCUT2D eigenvalue weighted by Gasteiger charge is -2.04. The second kappa shape index (κ2) is 7.83. The van der Waals surface area contributed by atoms with Gasteiger partial charge in [0.2, 0.25) is 11.8 Å². The van der Waals surface area contributed by atoms with Crippen LogP contribution in [0, 0.1) is 11.6 Å². The molecular weight excluding hydrogens is 378 g/mol. The van der Waals surface area contributed by atoms with Crippen LogP contribution in [0.4, 0.5) is 8.78 Å². The minimum absolute atomic E-state index is 0.0408. The number of benzene rings is 2. The number of nitrogens with zero attached hydrogens (tertiary/aromatic N) is 2. The van der Waals surface area contributed by atoms with Crippen LogP contribution >= 0.6 is 0 Å². The summed E-state index contributed by atoms with van der Waals surface area (Å²) in [5.74, 6) is -0.174. The number of amides is 1. The monoisotopic (exact) mass is 396 g/mol. The molecule has 0 fully saturated rings. The zero-order chi connectivity index (χ0) is 20.4. The number of rotatable bonds is 6. The summed E-state index contributed by atoms with van der Waals surface area (Å²) in [6, 6.07) is 10.7. The molecule has 0 radical (unpaired) electrons. The predicted molar refractivity (Wildman–Crippen MR) is 103 cm³/mol. The van der Waals surface area contributed by atoms with Crippen molar-refractivity contribution >= 4 is 16.8 Å². The molecule has 0 aliphatic carbocycles. The van der Waals surface area contributed by atoms with Crippen molar-refractivity contribution in [2.75, 3.05) is 7.05 Å². The molecular formula is C21H18F2N4O2. The van der Waals surface area contributed by atoms with Crippen molar-refractivity contribution in [3.05, 3.63) is 71.4 Å². The van der Waals surface area contributed by atoms with Crippen molar-refractivity contribution in [1.29, 1.82) is 0 Å². The number of hydrogen-bond acceptors (Lipinski definition) is 4. The Bertz CT molecular complexity index is 1170. The summed E-state index contributed by atoms with van der Waals surface area (Å²) in [6.07, 6.45) is 0.954. The van der Waals surface area contributed by atoms with Crippen LogP contribution in [0.5, 0.6) is 0 Å². The van der Waals surface area contributed by atoms with Crippen molar-refractivity contribution in [2.45, 2.75) is 19.3 Å². The second-order valence-electron chi connectivity index (χ2n) is 6.63. The van der Waals surface area contributed by atoms with Crippen molar-refractivity contribution in [1.82, 2.24) is 20.4 Å². The number of halogens is 2. The van der Waals surface area contributed by atoms with Gasteiger partial charge in [-0.15, -0.1) is 0 Å². The molecule has 0 aliphatic rings. The topological polar surface area (TPSA) is 83.8 Å². The molecule has 2 aromatic carbocycles. The van der Waals surface area contributed by atoms with E-state index in [-0.39, 0.29) is 24.0 Å². The maximum Gasteiger partial charge on any atom is 0.227 e. The quantitative estimate of drug-likeness (QED) is 0.522. The van der Waals surface area contributed by atoms with Gasteiger partial charge in [-0.1, -0.05) is 5.16 Å². The van der Waals surface area contributed by atoms with Crippen molar-refractivity contribution in [3.8, 4) is 11.3 Å². The molecule has 0 saturated carbocycles. The molecule has 0 unspecified atom stereocenters. The molecule has 29 heavy (non-hydrogen) atoms. The summed E-state index contributed by atoms with van der Waals surface area (Å²) in [5.41, 5.74) is 3.24. The van der Waals surface area contributed by atoms with E-state index in [9.17, 15) is 13.6 Å². The Hall–Kier alpha value is -3.55. The summed E-state index contributed by atoms with van der Waals surface area (Å²) in [7, 11) is 1.54. The normalized spacial score (nSPS) is 11.1. The maximum atomic E-state index is 13.9. The Morgan fingerprint density at radius 1 is 1.10 bits per heavy atom. The van der Waals surface area contributed by atoms with Gasteiger partial charge in [0.25, 0.3) is 0 Å². The third-order valence-electron chi connectivity index (χ3n) is 4.70. The van der Waals surface area contributed by atoms with Gasteiger partial charge in [0.1, 0.15) is 11.6 Å². The Kier molecular flexibility index (Phi) is 5.07. The molecule has 6 nitrogen and oxygen atoms in total. The van der Waals surface area contributed by atoms with Gasteiger partial charge in [-0.25, -0.2) is 8.78 Å². The summed E-state index contributed by atoms with van der Waals surface area (Å²) in [5, 5.41) is 7.06. The Morgan fingerprint density at radius 2 is 1.86 bits per heavy atom. The van der Waals surface area contributed by atoms with E-state index in [1.807, 2.05) is 0 Å². The van der Waals surface area contributed by atoms with Gasteiger partial charge in [0.05, 0.1) is 6.42 Å². The number of hydrogen-bond donors (Lipinski definition) is 2. The van der Waals surface area contributed by atoms with E-state index in [1.54, 1.807) is 18.2 Å². The van der Waals surface area contributed by atoms with Crippen LogP contribution in [0.25, 0.3) is 22.2 Å². The highest BCUT2D eigenvalue weighted by Gasteiger charge is 2.16. The largest absolute Gasteiger partial charge is 0.359 e. The van der Waals surface area contributed by atoms with Crippen LogP contribution in [-0.2, 0) is 24.1 Å². The molecule has 0 bridgehead atoms. The molecule has 2 heterocycles. The average Bonchev–Trinajstić information content (AvgIpc) is 3.30. The van der Waals surface area contributed by atoms with Crippen LogP contribution in [-0.4, -0.2) is 28.1 Å². The predicted octanol–water partition coefficient (Wildman–Crippen LogP) is 3.57. The third-order valence-corrected chi connectivity index (χ3v) is 4.70. The standard InChI is InChI=1S/C21H18F2N4O2/c1-24-19(28)11-18-26-20(29-27-18)9-7-15-16-10-14(23)6-8-17(16)25-21(15)12-2-4-13(22)5-3-12/h2-6,8,10,25H,7,9,11H2,1H3,(H,24,28). The number of aryl methyl sites for hydroxylation is 2. The summed E-state index contributed by atoms with van der Waals surface area (Å²) < 4.78 is 32.4. The fraction of sp³-hybridized carbons (Fsp3) is 0.190. The highest BCUT2D eigenvalue weighted by atomic mass is 19.1. The van der Waals surface area contributed by atoms with Crippen molar-refractivity contribution < 1.29 is 18.1 Å². The lowest BCUT2D eigenvalue weighted by Crippen LogP contribution is -2.20. The summed E-state index contributed by atoms with van der Waals surface area (Å²) in [6.45, 7) is 0. The van der Waals surface area contributed by atoms with Crippen LogP contribution < -0.4 is 5.32 Å². The van der Waals surface area contributed by atoms with Gasteiger partial charge in [-0.05, 0) is 60.0 Å². The second-order valence-corrected chi connectivity index (χ2v) is 6.63. The van der Waals surface area contributed by atoms with E-state index in [0.29, 0.717) is 24.6 Å². The molecule has 4 aromatic rings. The molecule has 2 N–H and O–H groups in total. The molecule has 0 aliphatic heterocycles. The Labute approximate surface area is 164 Å². The zero-order valence-corrected chi connectivity index (χ0v) is 15.6. The SMILES string of the molecule is CNC(=O)Cc1noc(CCc2c(-c3ccc(F)cc3)[nH]c3ccc(F)cc23)n1. The van der Waals surface area contributed by atoms with Gasteiger partial charge < -0.3 is 14.8 Å². The Morgan fingerprint density at radius 3 is 2.62 bits per heavy atom. The lowest BCUT2D eigenvalue weighted by molar-refractivity contribution is -0.120. The zero-order valence-electron chi connectivity index (χ0n) is 15.6. The smallest absolute Gasteiger partial charge is 0.227 e. The highest BCUT2D eigenvalue weighted by molar-refractivity contribution is 5.90. The number of aromatic amines is 1. The van der Waals surface area contributed by atoms with E-state index >= 15 is 0 Å². The lowest BCUT2D eigenvalue weighted by atomic mass is 10.0. The number of carbonyl (C=O) groups excluding carboxylic acids is 1. The fourth-order valence-corrected chi connectivity index (χ4v) is 3.27. The molecule has 4 rings (SSSR count). The Balaban J connectivity index is 1.65. The summed E-state index contributed by atoms with van der Waals surface area (Å²) in [4.78, 5) is 19.0. The minimum atomic E-state index is -0.339. The first-order valence-corrected chi connectivity index (χ1v) is 9.11. The molecule has 2 aromatic heterocycles. The van der Waals surface area contributed by atoms with Gasteiger partial charge in [0, 0.05) is 30.1 Å². The molecule has 0 spiro atoms. The van der Waals surface area contributed by atoms with E-state index in [2.05, 4.69) is 20.4 Å². The first-order valence-electron chi connectivity index (χ1n) is 9.11. The highest BCUT2D eigenvalue weighted by Crippen LogP contribution is 2.32. The van der Waals surface area contributed by atoms with E-state index in [4.69, 9.17) is 4.52 Å². The van der Waals surface area contributed by atoms with Gasteiger partial charge in [-0.2, -0.15) is 4.98 Å². The summed E-state index contributed by atoms with van der Waals surface area (Å²) >= 11 is 0. The van der Waals surface area contributed by atoms with E-state index in [0.717, 1.165) is 27.7 Å². The maximum absolute atomic E-state index is 13.9. The number of nitrogens with one attached hydrogen (secondary N) is 2. The van der Waals surface area contributed by atoms with Crippen molar-refractivity contribution in [2.24, 2.45) is 0 Å². The number of likely N-dealkylation sites (N-methyl/N-ethyl adjacent to an activating group) is 1. The van der Waals surface area contributed by atoms with Gasteiger partial charge in [0.15, 0.2) is 5.82 Å². The molecule has 0 atom stereocenters. The first-order chi connectivity index (χ1) is 14.0. The molecule has 148 valence electrons. The number of carbonyl (C=O) groups is 1. The van der Waals surface area contributed by atoms with Crippen LogP contribution in [0.15, 0.2) is 47.0 Å². The molecule has 0 saturated heterocycles. The fourth-order valence-electron chi connectivity index (χ4n) is 3.27.